The Kier molecular flexibility index (Phi) is 5.85. The summed E-state index contributed by atoms with van der Waals surface area (Å²) in [5.74, 6) is 0.0818. The van der Waals surface area contributed by atoms with Crippen molar-refractivity contribution in [3.8, 4) is 0 Å². The normalized spacial score (nSPS) is 13.3. The average Bonchev–Trinajstić information content (AvgIpc) is 2.33. The van der Waals surface area contributed by atoms with Crippen LogP contribution in [0.4, 0.5) is 0 Å². The molecule has 1 amide bonds. The second-order valence-corrected chi connectivity index (χ2v) is 6.52. The maximum atomic E-state index is 11.3. The molecule has 1 unspecified atom stereocenters. The van der Waals surface area contributed by atoms with Crippen LogP contribution in [-0.2, 0) is 0 Å². The van der Waals surface area contributed by atoms with E-state index in [1.807, 2.05) is 12.1 Å². The second kappa shape index (κ2) is 6.93. The van der Waals surface area contributed by atoms with Crippen LogP contribution < -0.4 is 11.1 Å². The number of benzene rings is 1. The van der Waals surface area contributed by atoms with Crippen LogP contribution in [0.3, 0.4) is 0 Å². The van der Waals surface area contributed by atoms with Gasteiger partial charge in [-0.2, -0.15) is 0 Å². The Hall–Kier alpha value is -1.04. The minimum Gasteiger partial charge on any atom is -0.391 e. The topological polar surface area (TPSA) is 75.3 Å². The van der Waals surface area contributed by atoms with Crippen molar-refractivity contribution >= 4 is 17.7 Å². The van der Waals surface area contributed by atoms with E-state index in [4.69, 9.17) is 5.73 Å². The summed E-state index contributed by atoms with van der Waals surface area (Å²) in [5, 5.41) is 13.1. The average molecular weight is 282 g/mol. The number of nitrogens with two attached hydrogens (primary N) is 1. The second-order valence-electron chi connectivity index (χ2n) is 5.46. The highest BCUT2D eigenvalue weighted by atomic mass is 32.2. The van der Waals surface area contributed by atoms with Gasteiger partial charge in [-0.25, -0.2) is 0 Å². The van der Waals surface area contributed by atoms with Gasteiger partial charge in [0.2, 0.25) is 5.91 Å². The van der Waals surface area contributed by atoms with Crippen LogP contribution in [0, 0.1) is 0 Å². The monoisotopic (exact) mass is 282 g/mol. The molecule has 0 fully saturated rings. The first-order chi connectivity index (χ1) is 8.79. The predicted octanol–water partition coefficient (Wildman–Crippen LogP) is 1.63. The number of aliphatic hydroxyl groups excluding tert-OH is 1. The number of nitrogens with one attached hydrogen (secondary N) is 1. The lowest BCUT2D eigenvalue weighted by Crippen LogP contribution is -2.41. The minimum absolute atomic E-state index is 0.0171. The molecule has 0 radical (unpaired) electrons. The first-order valence-electron chi connectivity index (χ1n) is 6.24. The smallest absolute Gasteiger partial charge is 0.249 e. The van der Waals surface area contributed by atoms with Crippen LogP contribution in [0.15, 0.2) is 29.2 Å². The number of primary amides is 1. The van der Waals surface area contributed by atoms with Crippen molar-refractivity contribution in [1.82, 2.24) is 5.32 Å². The summed E-state index contributed by atoms with van der Waals surface area (Å²) in [6.45, 7) is 6.68. The first-order valence-corrected chi connectivity index (χ1v) is 7.23. The fourth-order valence-corrected chi connectivity index (χ4v) is 2.45. The van der Waals surface area contributed by atoms with E-state index in [0.29, 0.717) is 17.9 Å². The molecule has 4 N–H and O–H groups in total. The Labute approximate surface area is 118 Å². The summed E-state index contributed by atoms with van der Waals surface area (Å²) in [6.07, 6.45) is -0.467. The molecule has 0 bridgehead atoms. The van der Waals surface area contributed by atoms with Crippen LogP contribution in [0.5, 0.6) is 0 Å². The fraction of sp³-hybridized carbons (Fsp3) is 0.500. The number of rotatable bonds is 6. The molecule has 0 heterocycles. The number of amides is 1. The van der Waals surface area contributed by atoms with E-state index in [1.54, 1.807) is 12.1 Å². The zero-order valence-electron chi connectivity index (χ0n) is 11.6. The van der Waals surface area contributed by atoms with Crippen LogP contribution >= 0.6 is 11.8 Å². The summed E-state index contributed by atoms with van der Waals surface area (Å²) in [6, 6.07) is 7.18. The van der Waals surface area contributed by atoms with Crippen molar-refractivity contribution < 1.29 is 9.90 Å². The van der Waals surface area contributed by atoms with Gasteiger partial charge in [-0.3, -0.25) is 4.79 Å². The number of aliphatic hydroxyl groups is 1. The third-order valence-electron chi connectivity index (χ3n) is 2.45. The molecule has 0 aliphatic rings. The SMILES string of the molecule is CC(C)(C)NCC(O)CSc1ccccc1C(N)=O. The molecule has 0 saturated carbocycles. The van der Waals surface area contributed by atoms with Crippen LogP contribution in [0.25, 0.3) is 0 Å². The van der Waals surface area contributed by atoms with Crippen LogP contribution in [0.2, 0.25) is 0 Å². The molecule has 1 aromatic carbocycles. The quantitative estimate of drug-likeness (QED) is 0.693. The third-order valence-corrected chi connectivity index (χ3v) is 3.67. The minimum atomic E-state index is -0.467. The number of β-amino-alcohol motifs (C(OH)–C–C–N with tert-alkyl or cyclic N) is 1. The Morgan fingerprint density at radius 2 is 2.05 bits per heavy atom. The highest BCUT2D eigenvalue weighted by Crippen LogP contribution is 2.22. The standard InChI is InChI=1S/C14H22N2O2S/c1-14(2,3)16-8-10(17)9-19-12-7-5-4-6-11(12)13(15)18/h4-7,10,16-17H,8-9H2,1-3H3,(H2,15,18). The Balaban J connectivity index is 2.51. The van der Waals surface area contributed by atoms with Gasteiger partial charge in [0.25, 0.3) is 0 Å². The number of carbonyl (C=O) groups excluding carboxylic acids is 1. The van der Waals surface area contributed by atoms with E-state index in [2.05, 4.69) is 26.1 Å². The van der Waals surface area contributed by atoms with Crippen molar-refractivity contribution in [3.63, 3.8) is 0 Å². The lowest BCUT2D eigenvalue weighted by Gasteiger charge is -2.22. The Bertz CT molecular complexity index is 430. The molecule has 0 saturated heterocycles. The van der Waals surface area contributed by atoms with Gasteiger partial charge in [-0.1, -0.05) is 12.1 Å². The van der Waals surface area contributed by atoms with Crippen LogP contribution in [0.1, 0.15) is 31.1 Å². The number of carbonyl (C=O) groups is 1. The zero-order chi connectivity index (χ0) is 14.5. The van der Waals surface area contributed by atoms with Gasteiger partial charge >= 0.3 is 0 Å². The van der Waals surface area contributed by atoms with Crippen molar-refractivity contribution in [1.29, 1.82) is 0 Å². The zero-order valence-corrected chi connectivity index (χ0v) is 12.5. The maximum Gasteiger partial charge on any atom is 0.249 e. The molecule has 106 valence electrons. The van der Waals surface area contributed by atoms with Crippen molar-refractivity contribution in [3.05, 3.63) is 29.8 Å². The molecular formula is C14H22N2O2S. The van der Waals surface area contributed by atoms with E-state index in [9.17, 15) is 9.90 Å². The summed E-state index contributed by atoms with van der Waals surface area (Å²) >= 11 is 1.44. The summed E-state index contributed by atoms with van der Waals surface area (Å²) in [4.78, 5) is 12.1. The first kappa shape index (κ1) is 16.0. The van der Waals surface area contributed by atoms with Crippen molar-refractivity contribution in [2.45, 2.75) is 37.3 Å². The fourth-order valence-electron chi connectivity index (χ4n) is 1.46. The highest BCUT2D eigenvalue weighted by molar-refractivity contribution is 7.99. The summed E-state index contributed by atoms with van der Waals surface area (Å²) in [5.41, 5.74) is 5.80. The molecule has 19 heavy (non-hydrogen) atoms. The summed E-state index contributed by atoms with van der Waals surface area (Å²) in [7, 11) is 0. The highest BCUT2D eigenvalue weighted by Gasteiger charge is 2.14. The number of thioether (sulfide) groups is 1. The Morgan fingerprint density at radius 1 is 1.42 bits per heavy atom. The van der Waals surface area contributed by atoms with E-state index in [-0.39, 0.29) is 5.54 Å². The van der Waals surface area contributed by atoms with Gasteiger partial charge in [0.1, 0.15) is 0 Å². The van der Waals surface area contributed by atoms with Crippen molar-refractivity contribution in [2.24, 2.45) is 5.73 Å². The van der Waals surface area contributed by atoms with Gasteiger partial charge in [0.05, 0.1) is 11.7 Å². The molecular weight excluding hydrogens is 260 g/mol. The lowest BCUT2D eigenvalue weighted by molar-refractivity contribution is 0.0997. The lowest BCUT2D eigenvalue weighted by atomic mass is 10.1. The van der Waals surface area contributed by atoms with Gasteiger partial charge in [0.15, 0.2) is 0 Å². The molecule has 0 spiro atoms. The molecule has 0 aliphatic heterocycles. The van der Waals surface area contributed by atoms with E-state index < -0.39 is 12.0 Å². The molecule has 0 aliphatic carbocycles. The number of hydrogen-bond donors (Lipinski definition) is 3. The van der Waals surface area contributed by atoms with Crippen molar-refractivity contribution in [2.75, 3.05) is 12.3 Å². The van der Waals surface area contributed by atoms with Gasteiger partial charge < -0.3 is 16.2 Å². The van der Waals surface area contributed by atoms with E-state index in [0.717, 1.165) is 4.90 Å². The predicted molar refractivity (Wildman–Crippen MR) is 79.4 cm³/mol. The molecule has 1 rings (SSSR count). The van der Waals surface area contributed by atoms with E-state index in [1.165, 1.54) is 11.8 Å². The molecule has 0 aromatic heterocycles. The molecule has 4 nitrogen and oxygen atoms in total. The number of hydrogen-bond acceptors (Lipinski definition) is 4. The molecule has 1 aromatic rings. The largest absolute Gasteiger partial charge is 0.391 e. The maximum absolute atomic E-state index is 11.3. The third kappa shape index (κ3) is 6.09. The van der Waals surface area contributed by atoms with Gasteiger partial charge in [-0.15, -0.1) is 11.8 Å². The molecule has 1 atom stereocenters. The Morgan fingerprint density at radius 3 is 2.63 bits per heavy atom. The molecule has 5 heteroatoms. The van der Waals surface area contributed by atoms with Crippen LogP contribution in [-0.4, -0.2) is 35.0 Å². The van der Waals surface area contributed by atoms with Gasteiger partial charge in [0, 0.05) is 22.7 Å². The van der Waals surface area contributed by atoms with Gasteiger partial charge in [-0.05, 0) is 32.9 Å². The summed E-state index contributed by atoms with van der Waals surface area (Å²) < 4.78 is 0. The van der Waals surface area contributed by atoms with E-state index >= 15 is 0 Å².